The number of aromatic nitrogens is 3. The fraction of sp³-hybridized carbons (Fsp3) is 0.565. The number of halogens is 3. The number of nitrogens with one attached hydrogen (secondary N) is 1. The van der Waals surface area contributed by atoms with E-state index in [-0.39, 0.29) is 17.5 Å². The Kier molecular flexibility index (Phi) is 5.38. The number of benzene rings is 1. The Balaban J connectivity index is 1.71. The van der Waals surface area contributed by atoms with Gasteiger partial charge in [0.2, 0.25) is 0 Å². The molecule has 0 bridgehead atoms. The predicted molar refractivity (Wildman–Crippen MR) is 113 cm³/mol. The molecule has 31 heavy (non-hydrogen) atoms. The Morgan fingerprint density at radius 2 is 2.00 bits per heavy atom. The number of alkyl halides is 3. The molecule has 1 atom stereocenters. The molecule has 1 unspecified atom stereocenters. The minimum absolute atomic E-state index is 0.0200. The summed E-state index contributed by atoms with van der Waals surface area (Å²) in [5.74, 6) is 0.969. The van der Waals surface area contributed by atoms with Crippen molar-refractivity contribution in [1.82, 2.24) is 19.9 Å². The van der Waals surface area contributed by atoms with Gasteiger partial charge in [-0.15, -0.1) is 0 Å². The molecule has 1 aromatic carbocycles. The second-order valence-electron chi connectivity index (χ2n) is 8.76. The third-order valence-electron chi connectivity index (χ3n) is 6.53. The predicted octanol–water partition coefficient (Wildman–Crippen LogP) is 4.95. The van der Waals surface area contributed by atoms with Gasteiger partial charge in [0.25, 0.3) is 0 Å². The van der Waals surface area contributed by atoms with E-state index in [9.17, 15) is 13.2 Å². The van der Waals surface area contributed by atoms with Gasteiger partial charge in [-0.3, -0.25) is 0 Å². The molecule has 1 saturated heterocycles. The minimum atomic E-state index is -4.56. The Bertz CT molecular complexity index is 1100. The van der Waals surface area contributed by atoms with E-state index >= 15 is 0 Å². The van der Waals surface area contributed by atoms with Crippen LogP contribution in [0.15, 0.2) is 18.2 Å². The van der Waals surface area contributed by atoms with E-state index in [1.807, 2.05) is 23.6 Å². The molecule has 0 amide bonds. The zero-order valence-corrected chi connectivity index (χ0v) is 17.6. The van der Waals surface area contributed by atoms with Crippen molar-refractivity contribution in [3.05, 3.63) is 35.3 Å². The fourth-order valence-electron chi connectivity index (χ4n) is 5.01. The third-order valence-corrected chi connectivity index (χ3v) is 6.53. The first kappa shape index (κ1) is 20.7. The summed E-state index contributed by atoms with van der Waals surface area (Å²) < 4.78 is 49.9. The van der Waals surface area contributed by atoms with E-state index in [0.717, 1.165) is 62.0 Å². The van der Waals surface area contributed by atoms with Crippen molar-refractivity contribution < 1.29 is 17.9 Å². The van der Waals surface area contributed by atoms with E-state index in [0.29, 0.717) is 24.2 Å². The number of nitrogens with zero attached hydrogens (tertiary/aromatic N) is 3. The molecule has 0 spiro atoms. The zero-order valence-electron chi connectivity index (χ0n) is 17.6. The Hall–Kier alpha value is -2.19. The normalized spacial score (nSPS) is 20.8. The van der Waals surface area contributed by atoms with Crippen molar-refractivity contribution in [1.29, 1.82) is 0 Å². The number of ether oxygens (including phenoxy) is 1. The van der Waals surface area contributed by atoms with Crippen LogP contribution in [0.5, 0.6) is 0 Å². The van der Waals surface area contributed by atoms with Crippen LogP contribution in [0, 0.1) is 6.92 Å². The molecule has 5 rings (SSSR count). The number of hydrogen-bond acceptors (Lipinski definition) is 4. The summed E-state index contributed by atoms with van der Waals surface area (Å²) in [6, 6.07) is 5.54. The summed E-state index contributed by atoms with van der Waals surface area (Å²) in [4.78, 5) is 8.65. The molecule has 166 valence electrons. The van der Waals surface area contributed by atoms with Crippen LogP contribution in [0.25, 0.3) is 21.9 Å². The SMILES string of the molecule is Cc1ccc2c(c1)nc(C(F)(F)F)c1nc(C3CCCC3)n(CCC3CNCCO3)c12. The van der Waals surface area contributed by atoms with Gasteiger partial charge in [-0.2, -0.15) is 13.2 Å². The molecule has 2 fully saturated rings. The molecular weight excluding hydrogens is 405 g/mol. The number of hydrogen-bond donors (Lipinski definition) is 1. The average Bonchev–Trinajstić information content (AvgIpc) is 3.39. The first-order valence-electron chi connectivity index (χ1n) is 11.1. The van der Waals surface area contributed by atoms with Gasteiger partial charge in [0.05, 0.1) is 23.7 Å². The number of rotatable bonds is 4. The number of morpholine rings is 1. The Labute approximate surface area is 179 Å². The van der Waals surface area contributed by atoms with E-state index in [4.69, 9.17) is 4.74 Å². The van der Waals surface area contributed by atoms with Crippen LogP contribution >= 0.6 is 0 Å². The highest BCUT2D eigenvalue weighted by Crippen LogP contribution is 2.41. The Morgan fingerprint density at radius 3 is 2.71 bits per heavy atom. The smallest absolute Gasteiger partial charge is 0.376 e. The first-order valence-corrected chi connectivity index (χ1v) is 11.1. The number of pyridine rings is 1. The van der Waals surface area contributed by atoms with Crippen molar-refractivity contribution in [2.45, 2.75) is 63.8 Å². The molecule has 3 aromatic rings. The van der Waals surface area contributed by atoms with E-state index < -0.39 is 11.9 Å². The molecule has 2 aromatic heterocycles. The molecule has 1 saturated carbocycles. The monoisotopic (exact) mass is 432 g/mol. The first-order chi connectivity index (χ1) is 14.9. The van der Waals surface area contributed by atoms with Crippen LogP contribution in [0.2, 0.25) is 0 Å². The maximum atomic E-state index is 14.0. The van der Waals surface area contributed by atoms with Gasteiger partial charge in [-0.1, -0.05) is 25.0 Å². The van der Waals surface area contributed by atoms with Crippen LogP contribution in [-0.2, 0) is 17.5 Å². The fourth-order valence-corrected chi connectivity index (χ4v) is 5.01. The number of imidazole rings is 1. The molecule has 2 aliphatic rings. The molecule has 8 heteroatoms. The highest BCUT2D eigenvalue weighted by Gasteiger charge is 2.38. The van der Waals surface area contributed by atoms with E-state index in [2.05, 4.69) is 15.3 Å². The molecular formula is C23H27F3N4O. The van der Waals surface area contributed by atoms with Crippen LogP contribution < -0.4 is 5.32 Å². The van der Waals surface area contributed by atoms with Gasteiger partial charge in [-0.05, 0) is 37.8 Å². The van der Waals surface area contributed by atoms with Gasteiger partial charge >= 0.3 is 6.18 Å². The van der Waals surface area contributed by atoms with E-state index in [1.54, 1.807) is 6.07 Å². The van der Waals surface area contributed by atoms with Gasteiger partial charge in [0, 0.05) is 30.9 Å². The van der Waals surface area contributed by atoms with Gasteiger partial charge in [-0.25, -0.2) is 9.97 Å². The van der Waals surface area contributed by atoms with E-state index in [1.165, 1.54) is 0 Å². The van der Waals surface area contributed by atoms with Gasteiger partial charge in [0.1, 0.15) is 11.3 Å². The molecule has 5 nitrogen and oxygen atoms in total. The van der Waals surface area contributed by atoms with Crippen molar-refractivity contribution in [2.24, 2.45) is 0 Å². The second-order valence-corrected chi connectivity index (χ2v) is 8.76. The number of fused-ring (bicyclic) bond motifs is 3. The van der Waals surface area contributed by atoms with Crippen LogP contribution in [-0.4, -0.2) is 40.3 Å². The summed E-state index contributed by atoms with van der Waals surface area (Å²) in [5, 5.41) is 4.06. The summed E-state index contributed by atoms with van der Waals surface area (Å²) in [7, 11) is 0. The molecule has 0 radical (unpaired) electrons. The zero-order chi connectivity index (χ0) is 21.6. The lowest BCUT2D eigenvalue weighted by Crippen LogP contribution is -2.39. The van der Waals surface area contributed by atoms with Crippen molar-refractivity contribution in [2.75, 3.05) is 19.7 Å². The van der Waals surface area contributed by atoms with Crippen LogP contribution in [0.4, 0.5) is 13.2 Å². The second kappa shape index (κ2) is 8.06. The lowest BCUT2D eigenvalue weighted by Gasteiger charge is -2.24. The lowest BCUT2D eigenvalue weighted by atomic mass is 10.1. The standard InChI is InChI=1S/C23H27F3N4O/c1-14-6-7-17-18(12-14)28-21(23(24,25)26)19-20(17)30(10-8-16-13-27-9-11-31-16)22(29-19)15-4-2-3-5-15/h6-7,12,15-16,27H,2-5,8-11,13H2,1H3. The summed E-state index contributed by atoms with van der Waals surface area (Å²) in [5.41, 5.74) is 0.913. The molecule has 1 aliphatic heterocycles. The highest BCUT2D eigenvalue weighted by molar-refractivity contribution is 6.04. The number of aryl methyl sites for hydroxylation is 2. The third kappa shape index (κ3) is 3.91. The van der Waals surface area contributed by atoms with Crippen LogP contribution in [0.3, 0.4) is 0 Å². The lowest BCUT2D eigenvalue weighted by molar-refractivity contribution is -0.139. The average molecular weight is 432 g/mol. The van der Waals surface area contributed by atoms with Crippen LogP contribution in [0.1, 0.15) is 55.1 Å². The minimum Gasteiger partial charge on any atom is -0.376 e. The van der Waals surface area contributed by atoms with Crippen molar-refractivity contribution in [3.8, 4) is 0 Å². The summed E-state index contributed by atoms with van der Waals surface area (Å²) in [6.07, 6.45) is 0.350. The van der Waals surface area contributed by atoms with Gasteiger partial charge in [0.15, 0.2) is 5.69 Å². The maximum absolute atomic E-state index is 14.0. The summed E-state index contributed by atoms with van der Waals surface area (Å²) >= 11 is 0. The highest BCUT2D eigenvalue weighted by atomic mass is 19.4. The quantitative estimate of drug-likeness (QED) is 0.634. The van der Waals surface area contributed by atoms with Gasteiger partial charge < -0.3 is 14.6 Å². The topological polar surface area (TPSA) is 52.0 Å². The maximum Gasteiger partial charge on any atom is 0.435 e. The van der Waals surface area contributed by atoms with Crippen molar-refractivity contribution in [3.63, 3.8) is 0 Å². The molecule has 1 N–H and O–H groups in total. The molecule has 1 aliphatic carbocycles. The summed E-state index contributed by atoms with van der Waals surface area (Å²) in [6.45, 7) is 4.71. The largest absolute Gasteiger partial charge is 0.435 e. The molecule has 3 heterocycles. The van der Waals surface area contributed by atoms with Crippen molar-refractivity contribution >= 4 is 21.9 Å². The Morgan fingerprint density at radius 1 is 1.19 bits per heavy atom.